The van der Waals surface area contributed by atoms with Gasteiger partial charge >= 0.3 is 0 Å². The smallest absolute Gasteiger partial charge is 0.168 e. The molecular weight excluding hydrogens is 224 g/mol. The van der Waals surface area contributed by atoms with Crippen molar-refractivity contribution in [1.29, 1.82) is 0 Å². The number of pyridine rings is 2. The van der Waals surface area contributed by atoms with Gasteiger partial charge in [0.2, 0.25) is 0 Å². The van der Waals surface area contributed by atoms with Crippen LogP contribution in [0.1, 0.15) is 10.5 Å². The van der Waals surface area contributed by atoms with E-state index in [1.165, 1.54) is 0 Å². The molecule has 3 nitrogen and oxygen atoms in total. The number of aromatic nitrogens is 2. The fraction of sp³-hybridized carbons (Fsp3) is 0. The predicted molar refractivity (Wildman–Crippen MR) is 70.4 cm³/mol. The van der Waals surface area contributed by atoms with Gasteiger partial charge in [-0.05, 0) is 41.5 Å². The van der Waals surface area contributed by atoms with Crippen LogP contribution in [-0.2, 0) is 0 Å². The van der Waals surface area contributed by atoms with Gasteiger partial charge in [0.25, 0.3) is 0 Å². The summed E-state index contributed by atoms with van der Waals surface area (Å²) >= 11 is 0. The molecule has 0 radical (unpaired) electrons. The molecule has 2 heterocycles. The number of benzene rings is 1. The van der Waals surface area contributed by atoms with E-state index in [0.717, 1.165) is 28.3 Å². The Morgan fingerprint density at radius 1 is 0.889 bits per heavy atom. The minimum atomic E-state index is 0.458. The normalized spacial score (nSPS) is 10.4. The molecule has 3 heteroatoms. The summed E-state index contributed by atoms with van der Waals surface area (Å²) < 4.78 is 0. The Labute approximate surface area is 104 Å². The summed E-state index contributed by atoms with van der Waals surface area (Å²) in [6.07, 6.45) is 4.30. The SMILES string of the molecule is O=Cc1ccc2cc(-c3ccncc3)ccc2n1. The fourth-order valence-corrected chi connectivity index (χ4v) is 1.93. The zero-order chi connectivity index (χ0) is 12.4. The van der Waals surface area contributed by atoms with Crippen molar-refractivity contribution in [2.75, 3.05) is 0 Å². The summed E-state index contributed by atoms with van der Waals surface area (Å²) in [6.45, 7) is 0. The van der Waals surface area contributed by atoms with Gasteiger partial charge in [0.15, 0.2) is 6.29 Å². The molecule has 2 aromatic heterocycles. The van der Waals surface area contributed by atoms with Crippen LogP contribution in [0.4, 0.5) is 0 Å². The summed E-state index contributed by atoms with van der Waals surface area (Å²) in [7, 11) is 0. The molecule has 0 bridgehead atoms. The summed E-state index contributed by atoms with van der Waals surface area (Å²) in [4.78, 5) is 18.9. The number of carbonyl (C=O) groups is 1. The first-order valence-corrected chi connectivity index (χ1v) is 5.63. The second-order valence-corrected chi connectivity index (χ2v) is 4.00. The standard InChI is InChI=1S/C15H10N2O/c18-10-14-3-1-13-9-12(2-4-15(13)17-14)11-5-7-16-8-6-11/h1-10H. The van der Waals surface area contributed by atoms with E-state index in [4.69, 9.17) is 0 Å². The van der Waals surface area contributed by atoms with E-state index in [9.17, 15) is 4.79 Å². The largest absolute Gasteiger partial charge is 0.296 e. The molecule has 0 aliphatic rings. The first kappa shape index (κ1) is 10.6. The Hall–Kier alpha value is -2.55. The quantitative estimate of drug-likeness (QED) is 0.640. The van der Waals surface area contributed by atoms with E-state index in [1.807, 2.05) is 30.3 Å². The van der Waals surface area contributed by atoms with Crippen LogP contribution in [0, 0.1) is 0 Å². The van der Waals surface area contributed by atoms with E-state index < -0.39 is 0 Å². The van der Waals surface area contributed by atoms with Crippen LogP contribution in [0.15, 0.2) is 54.9 Å². The van der Waals surface area contributed by atoms with Crippen molar-refractivity contribution >= 4 is 17.2 Å². The van der Waals surface area contributed by atoms with E-state index in [-0.39, 0.29) is 0 Å². The molecule has 0 saturated carbocycles. The first-order valence-electron chi connectivity index (χ1n) is 5.63. The molecular formula is C15H10N2O. The fourth-order valence-electron chi connectivity index (χ4n) is 1.93. The highest BCUT2D eigenvalue weighted by atomic mass is 16.1. The van der Waals surface area contributed by atoms with Crippen LogP contribution in [0.2, 0.25) is 0 Å². The number of nitrogens with zero attached hydrogens (tertiary/aromatic N) is 2. The Balaban J connectivity index is 2.15. The Morgan fingerprint density at radius 2 is 1.72 bits per heavy atom. The lowest BCUT2D eigenvalue weighted by Crippen LogP contribution is -1.87. The van der Waals surface area contributed by atoms with Crippen molar-refractivity contribution < 1.29 is 4.79 Å². The van der Waals surface area contributed by atoms with Crippen molar-refractivity contribution in [2.24, 2.45) is 0 Å². The van der Waals surface area contributed by atoms with E-state index >= 15 is 0 Å². The molecule has 0 aliphatic carbocycles. The lowest BCUT2D eigenvalue weighted by atomic mass is 10.0. The van der Waals surface area contributed by atoms with Crippen molar-refractivity contribution in [3.05, 3.63) is 60.6 Å². The topological polar surface area (TPSA) is 42.9 Å². The molecule has 0 aliphatic heterocycles. The number of carbonyl (C=O) groups excluding carboxylic acids is 1. The van der Waals surface area contributed by atoms with Crippen molar-refractivity contribution in [2.45, 2.75) is 0 Å². The molecule has 1 aromatic carbocycles. The van der Waals surface area contributed by atoms with Gasteiger partial charge in [0.1, 0.15) is 5.69 Å². The predicted octanol–water partition coefficient (Wildman–Crippen LogP) is 3.11. The third kappa shape index (κ3) is 1.86. The average molecular weight is 234 g/mol. The number of rotatable bonds is 2. The average Bonchev–Trinajstić information content (AvgIpc) is 2.47. The molecule has 0 unspecified atom stereocenters. The van der Waals surface area contributed by atoms with Gasteiger partial charge < -0.3 is 0 Å². The van der Waals surface area contributed by atoms with Gasteiger partial charge in [0.05, 0.1) is 5.52 Å². The van der Waals surface area contributed by atoms with Crippen LogP contribution in [0.5, 0.6) is 0 Å². The lowest BCUT2D eigenvalue weighted by molar-refractivity contribution is 0.111. The number of hydrogen-bond donors (Lipinski definition) is 0. The molecule has 86 valence electrons. The maximum atomic E-state index is 10.7. The second-order valence-electron chi connectivity index (χ2n) is 4.00. The van der Waals surface area contributed by atoms with E-state index in [0.29, 0.717) is 5.69 Å². The molecule has 0 atom stereocenters. The van der Waals surface area contributed by atoms with Crippen LogP contribution < -0.4 is 0 Å². The van der Waals surface area contributed by atoms with Gasteiger partial charge in [-0.25, -0.2) is 4.98 Å². The van der Waals surface area contributed by atoms with E-state index in [1.54, 1.807) is 18.5 Å². The van der Waals surface area contributed by atoms with Crippen molar-refractivity contribution in [3.8, 4) is 11.1 Å². The van der Waals surface area contributed by atoms with Crippen molar-refractivity contribution in [3.63, 3.8) is 0 Å². The summed E-state index contributed by atoms with van der Waals surface area (Å²) in [6, 6.07) is 13.6. The third-order valence-electron chi connectivity index (χ3n) is 2.85. The van der Waals surface area contributed by atoms with Crippen LogP contribution >= 0.6 is 0 Å². The maximum Gasteiger partial charge on any atom is 0.168 e. The van der Waals surface area contributed by atoms with Crippen LogP contribution in [0.25, 0.3) is 22.0 Å². The highest BCUT2D eigenvalue weighted by Crippen LogP contribution is 2.23. The van der Waals surface area contributed by atoms with Crippen LogP contribution in [0.3, 0.4) is 0 Å². The van der Waals surface area contributed by atoms with Gasteiger partial charge in [-0.3, -0.25) is 9.78 Å². The molecule has 3 rings (SSSR count). The summed E-state index contributed by atoms with van der Waals surface area (Å²) in [5.74, 6) is 0. The molecule has 18 heavy (non-hydrogen) atoms. The molecule has 3 aromatic rings. The summed E-state index contributed by atoms with van der Waals surface area (Å²) in [5.41, 5.74) is 3.52. The molecule has 0 N–H and O–H groups in total. The molecule has 0 saturated heterocycles. The lowest BCUT2D eigenvalue weighted by Gasteiger charge is -2.03. The monoisotopic (exact) mass is 234 g/mol. The third-order valence-corrected chi connectivity index (χ3v) is 2.85. The Morgan fingerprint density at radius 3 is 2.50 bits per heavy atom. The highest BCUT2D eigenvalue weighted by Gasteiger charge is 2.01. The minimum absolute atomic E-state index is 0.458. The number of fused-ring (bicyclic) bond motifs is 1. The molecule has 0 spiro atoms. The maximum absolute atomic E-state index is 10.7. The van der Waals surface area contributed by atoms with Gasteiger partial charge in [-0.2, -0.15) is 0 Å². The van der Waals surface area contributed by atoms with E-state index in [2.05, 4.69) is 16.0 Å². The second kappa shape index (κ2) is 4.37. The first-order chi connectivity index (χ1) is 8.86. The zero-order valence-corrected chi connectivity index (χ0v) is 9.58. The van der Waals surface area contributed by atoms with Crippen LogP contribution in [-0.4, -0.2) is 16.3 Å². The zero-order valence-electron chi connectivity index (χ0n) is 9.58. The molecule has 0 amide bonds. The summed E-state index contributed by atoms with van der Waals surface area (Å²) in [5, 5.41) is 1.02. The van der Waals surface area contributed by atoms with Gasteiger partial charge in [-0.1, -0.05) is 12.1 Å². The Kier molecular flexibility index (Phi) is 2.57. The number of hydrogen-bond acceptors (Lipinski definition) is 3. The van der Waals surface area contributed by atoms with Crippen molar-refractivity contribution in [1.82, 2.24) is 9.97 Å². The highest BCUT2D eigenvalue weighted by molar-refractivity contribution is 5.87. The number of aldehydes is 1. The van der Waals surface area contributed by atoms with Gasteiger partial charge in [-0.15, -0.1) is 0 Å². The minimum Gasteiger partial charge on any atom is -0.296 e. The Bertz CT molecular complexity index is 708. The van der Waals surface area contributed by atoms with Gasteiger partial charge in [0, 0.05) is 17.8 Å². The molecule has 0 fully saturated rings.